The van der Waals surface area contributed by atoms with Crippen molar-refractivity contribution < 1.29 is 0 Å². The number of nitrogens with one attached hydrogen (secondary N) is 1. The zero-order valence-electron chi connectivity index (χ0n) is 11.4. The molecule has 0 spiro atoms. The van der Waals surface area contributed by atoms with Gasteiger partial charge in [-0.2, -0.15) is 0 Å². The molecule has 2 aliphatic rings. The predicted molar refractivity (Wildman–Crippen MR) is 75.9 cm³/mol. The second kappa shape index (κ2) is 5.27. The Bertz CT molecular complexity index is 399. The Labute approximate surface area is 114 Å². The van der Waals surface area contributed by atoms with Crippen LogP contribution in [0.2, 0.25) is 0 Å². The highest BCUT2D eigenvalue weighted by Gasteiger charge is 2.35. The normalized spacial score (nSPS) is 27.5. The fraction of sp³-hybridized carbons (Fsp3) is 0.786. The number of thiazole rings is 1. The molecule has 3 nitrogen and oxygen atoms in total. The van der Waals surface area contributed by atoms with Gasteiger partial charge in [-0.15, -0.1) is 11.3 Å². The van der Waals surface area contributed by atoms with Crippen molar-refractivity contribution in [2.75, 3.05) is 13.6 Å². The van der Waals surface area contributed by atoms with Crippen LogP contribution in [-0.2, 0) is 6.54 Å². The van der Waals surface area contributed by atoms with Gasteiger partial charge in [0.2, 0.25) is 0 Å². The lowest BCUT2D eigenvalue weighted by Crippen LogP contribution is -2.48. The summed E-state index contributed by atoms with van der Waals surface area (Å²) >= 11 is 1.76. The van der Waals surface area contributed by atoms with Gasteiger partial charge in [0.05, 0.1) is 10.7 Å². The highest BCUT2D eigenvalue weighted by molar-refractivity contribution is 7.09. The first-order valence-electron chi connectivity index (χ1n) is 7.07. The Hall–Kier alpha value is -0.450. The van der Waals surface area contributed by atoms with E-state index in [-0.39, 0.29) is 0 Å². The molecule has 2 aliphatic carbocycles. The van der Waals surface area contributed by atoms with Crippen LogP contribution in [0.5, 0.6) is 0 Å². The average molecular weight is 265 g/mol. The molecule has 0 aromatic carbocycles. The maximum Gasteiger partial charge on any atom is 0.0897 e. The van der Waals surface area contributed by atoms with E-state index in [1.165, 1.54) is 42.9 Å². The van der Waals surface area contributed by atoms with Crippen LogP contribution in [0, 0.1) is 12.8 Å². The second-order valence-electron chi connectivity index (χ2n) is 5.86. The third-order valence-electron chi connectivity index (χ3n) is 4.27. The fourth-order valence-corrected chi connectivity index (χ4v) is 3.43. The van der Waals surface area contributed by atoms with E-state index in [0.717, 1.165) is 24.5 Å². The molecule has 0 bridgehead atoms. The topological polar surface area (TPSA) is 28.2 Å². The van der Waals surface area contributed by atoms with Crippen molar-refractivity contribution >= 4 is 11.3 Å². The standard InChI is InChI=1S/C14H23N3S/c1-10-16-13(9-18-10)8-17(2)14-6-3-11(14)7-15-12-4-5-12/h9,11-12,14-15H,3-8H2,1-2H3. The smallest absolute Gasteiger partial charge is 0.0897 e. The van der Waals surface area contributed by atoms with Gasteiger partial charge in [0.25, 0.3) is 0 Å². The van der Waals surface area contributed by atoms with Gasteiger partial charge in [0, 0.05) is 24.0 Å². The van der Waals surface area contributed by atoms with Gasteiger partial charge in [-0.25, -0.2) is 4.98 Å². The van der Waals surface area contributed by atoms with Crippen LogP contribution in [0.1, 0.15) is 36.4 Å². The molecule has 3 rings (SSSR count). The Morgan fingerprint density at radius 1 is 1.39 bits per heavy atom. The molecule has 2 fully saturated rings. The lowest BCUT2D eigenvalue weighted by molar-refractivity contribution is 0.0770. The molecule has 18 heavy (non-hydrogen) atoms. The van der Waals surface area contributed by atoms with E-state index in [1.54, 1.807) is 11.3 Å². The van der Waals surface area contributed by atoms with Crippen molar-refractivity contribution in [1.82, 2.24) is 15.2 Å². The first-order chi connectivity index (χ1) is 8.72. The van der Waals surface area contributed by atoms with Crippen LogP contribution >= 0.6 is 11.3 Å². The van der Waals surface area contributed by atoms with E-state index >= 15 is 0 Å². The molecular formula is C14H23N3S. The van der Waals surface area contributed by atoms with Crippen molar-refractivity contribution in [3.63, 3.8) is 0 Å². The quantitative estimate of drug-likeness (QED) is 0.856. The van der Waals surface area contributed by atoms with Gasteiger partial charge < -0.3 is 5.32 Å². The monoisotopic (exact) mass is 265 g/mol. The molecular weight excluding hydrogens is 242 g/mol. The molecule has 0 saturated heterocycles. The molecule has 1 N–H and O–H groups in total. The Morgan fingerprint density at radius 3 is 2.78 bits per heavy atom. The van der Waals surface area contributed by atoms with Gasteiger partial charge in [-0.05, 0) is 52.1 Å². The lowest BCUT2D eigenvalue weighted by atomic mass is 9.78. The summed E-state index contributed by atoms with van der Waals surface area (Å²) in [6.07, 6.45) is 5.54. The highest BCUT2D eigenvalue weighted by Crippen LogP contribution is 2.32. The van der Waals surface area contributed by atoms with Gasteiger partial charge >= 0.3 is 0 Å². The van der Waals surface area contributed by atoms with Crippen LogP contribution in [0.15, 0.2) is 5.38 Å². The minimum absolute atomic E-state index is 0.762. The molecule has 0 amide bonds. The van der Waals surface area contributed by atoms with Crippen LogP contribution in [-0.4, -0.2) is 35.6 Å². The van der Waals surface area contributed by atoms with Gasteiger partial charge in [0.15, 0.2) is 0 Å². The summed E-state index contributed by atoms with van der Waals surface area (Å²) in [4.78, 5) is 7.06. The SMILES string of the molecule is Cc1nc(CN(C)C2CCC2CNC2CC2)cs1. The molecule has 100 valence electrons. The van der Waals surface area contributed by atoms with Crippen molar-refractivity contribution in [3.05, 3.63) is 16.1 Å². The maximum absolute atomic E-state index is 4.56. The minimum Gasteiger partial charge on any atom is -0.314 e. The van der Waals surface area contributed by atoms with E-state index in [9.17, 15) is 0 Å². The molecule has 4 heteroatoms. The first kappa shape index (κ1) is 12.6. The minimum atomic E-state index is 0.762. The van der Waals surface area contributed by atoms with E-state index < -0.39 is 0 Å². The number of hydrogen-bond acceptors (Lipinski definition) is 4. The molecule has 1 aromatic heterocycles. The zero-order chi connectivity index (χ0) is 12.5. The van der Waals surface area contributed by atoms with Crippen LogP contribution in [0.3, 0.4) is 0 Å². The van der Waals surface area contributed by atoms with E-state index in [1.807, 2.05) is 0 Å². The fourth-order valence-electron chi connectivity index (χ4n) is 2.83. The number of rotatable bonds is 6. The molecule has 1 heterocycles. The zero-order valence-corrected chi connectivity index (χ0v) is 12.2. The molecule has 2 saturated carbocycles. The number of aryl methyl sites for hydroxylation is 1. The van der Waals surface area contributed by atoms with Gasteiger partial charge in [-0.1, -0.05) is 0 Å². The summed E-state index contributed by atoms with van der Waals surface area (Å²) in [5.74, 6) is 0.857. The Morgan fingerprint density at radius 2 is 2.22 bits per heavy atom. The van der Waals surface area contributed by atoms with Crippen molar-refractivity contribution in [2.24, 2.45) is 5.92 Å². The number of aromatic nitrogens is 1. The predicted octanol–water partition coefficient (Wildman–Crippen LogP) is 2.41. The Kier molecular flexibility index (Phi) is 3.68. The van der Waals surface area contributed by atoms with Crippen LogP contribution < -0.4 is 5.32 Å². The van der Waals surface area contributed by atoms with Crippen molar-refractivity contribution in [2.45, 2.75) is 51.2 Å². The van der Waals surface area contributed by atoms with Crippen LogP contribution in [0.25, 0.3) is 0 Å². The van der Waals surface area contributed by atoms with Gasteiger partial charge in [0.1, 0.15) is 0 Å². The van der Waals surface area contributed by atoms with Gasteiger partial charge in [-0.3, -0.25) is 4.90 Å². The number of hydrogen-bond donors (Lipinski definition) is 1. The van der Waals surface area contributed by atoms with Crippen molar-refractivity contribution in [1.29, 1.82) is 0 Å². The maximum atomic E-state index is 4.56. The molecule has 0 aliphatic heterocycles. The molecule has 0 radical (unpaired) electrons. The summed E-state index contributed by atoms with van der Waals surface area (Å²) in [7, 11) is 2.25. The average Bonchev–Trinajstić information content (AvgIpc) is 3.01. The molecule has 2 atom stereocenters. The lowest BCUT2D eigenvalue weighted by Gasteiger charge is -2.42. The molecule has 2 unspecified atom stereocenters. The van der Waals surface area contributed by atoms with E-state index in [0.29, 0.717) is 0 Å². The highest BCUT2D eigenvalue weighted by atomic mass is 32.1. The second-order valence-corrected chi connectivity index (χ2v) is 6.92. The number of nitrogens with zero attached hydrogens (tertiary/aromatic N) is 2. The third kappa shape index (κ3) is 2.92. The molecule has 1 aromatic rings. The summed E-state index contributed by atoms with van der Waals surface area (Å²) < 4.78 is 0. The first-order valence-corrected chi connectivity index (χ1v) is 7.95. The van der Waals surface area contributed by atoms with E-state index in [4.69, 9.17) is 0 Å². The summed E-state index contributed by atoms with van der Waals surface area (Å²) in [5, 5.41) is 7.05. The largest absolute Gasteiger partial charge is 0.314 e. The van der Waals surface area contributed by atoms with Crippen molar-refractivity contribution in [3.8, 4) is 0 Å². The van der Waals surface area contributed by atoms with Crippen LogP contribution in [0.4, 0.5) is 0 Å². The van der Waals surface area contributed by atoms with E-state index in [2.05, 4.69) is 34.6 Å². The summed E-state index contributed by atoms with van der Waals surface area (Å²) in [5.41, 5.74) is 1.24. The summed E-state index contributed by atoms with van der Waals surface area (Å²) in [6.45, 7) is 4.31. The Balaban J connectivity index is 1.47. The summed E-state index contributed by atoms with van der Waals surface area (Å²) in [6, 6.07) is 1.61. The third-order valence-corrected chi connectivity index (χ3v) is 5.09.